The lowest BCUT2D eigenvalue weighted by Gasteiger charge is -2.21. The Morgan fingerprint density at radius 2 is 1.90 bits per heavy atom. The third kappa shape index (κ3) is 6.94. The van der Waals surface area contributed by atoms with Crippen LogP contribution >= 0.6 is 0 Å². The second-order valence-corrected chi connectivity index (χ2v) is 5.53. The number of hydrogen-bond acceptors (Lipinski definition) is 4. The van der Waals surface area contributed by atoms with Crippen LogP contribution in [0.4, 0.5) is 4.79 Å². The van der Waals surface area contributed by atoms with Crippen molar-refractivity contribution in [2.24, 2.45) is 11.7 Å². The van der Waals surface area contributed by atoms with E-state index in [1.807, 2.05) is 6.92 Å². The SMILES string of the molecule is CC(CNC(=O)NC(CC(N)=O)C(=O)O)CN1CCCC1. The number of carboxylic acids is 1. The number of aliphatic carboxylic acids is 1. The van der Waals surface area contributed by atoms with Gasteiger partial charge in [0.2, 0.25) is 5.91 Å². The summed E-state index contributed by atoms with van der Waals surface area (Å²) in [6.07, 6.45) is 2.01. The molecule has 0 spiro atoms. The van der Waals surface area contributed by atoms with Crippen LogP contribution in [0.5, 0.6) is 0 Å². The van der Waals surface area contributed by atoms with Crippen LogP contribution in [-0.4, -0.2) is 60.1 Å². The number of hydrogen-bond donors (Lipinski definition) is 4. The van der Waals surface area contributed by atoms with Crippen molar-refractivity contribution in [3.8, 4) is 0 Å². The zero-order chi connectivity index (χ0) is 15.8. The van der Waals surface area contributed by atoms with Gasteiger partial charge in [-0.3, -0.25) is 4.79 Å². The number of urea groups is 1. The van der Waals surface area contributed by atoms with Crippen molar-refractivity contribution in [2.75, 3.05) is 26.2 Å². The summed E-state index contributed by atoms with van der Waals surface area (Å²) in [5.41, 5.74) is 4.94. The number of amides is 3. The van der Waals surface area contributed by atoms with Gasteiger partial charge in [-0.25, -0.2) is 9.59 Å². The van der Waals surface area contributed by atoms with E-state index in [0.717, 1.165) is 19.6 Å². The number of nitrogens with zero attached hydrogens (tertiary/aromatic N) is 1. The zero-order valence-electron chi connectivity index (χ0n) is 12.3. The molecule has 1 aliphatic rings. The molecule has 1 fully saturated rings. The van der Waals surface area contributed by atoms with E-state index in [1.54, 1.807) is 0 Å². The van der Waals surface area contributed by atoms with Gasteiger partial charge in [-0.05, 0) is 31.8 Å². The van der Waals surface area contributed by atoms with E-state index < -0.39 is 30.4 Å². The highest BCUT2D eigenvalue weighted by molar-refractivity contribution is 5.87. The normalized spacial score (nSPS) is 18.0. The summed E-state index contributed by atoms with van der Waals surface area (Å²) in [6.45, 7) is 5.57. The topological polar surface area (TPSA) is 125 Å². The predicted octanol–water partition coefficient (Wildman–Crippen LogP) is -0.654. The van der Waals surface area contributed by atoms with Gasteiger partial charge in [-0.15, -0.1) is 0 Å². The van der Waals surface area contributed by atoms with Crippen LogP contribution in [0.25, 0.3) is 0 Å². The Labute approximate surface area is 124 Å². The molecule has 0 saturated carbocycles. The van der Waals surface area contributed by atoms with Gasteiger partial charge in [0, 0.05) is 13.1 Å². The molecule has 8 nitrogen and oxygen atoms in total. The molecule has 21 heavy (non-hydrogen) atoms. The standard InChI is InChI=1S/C13H24N4O4/c1-9(8-17-4-2-3-5-17)7-15-13(21)16-10(12(19)20)6-11(14)18/h9-10H,2-8H2,1H3,(H2,14,18)(H,19,20)(H2,15,16,21). The van der Waals surface area contributed by atoms with Crippen molar-refractivity contribution >= 4 is 17.9 Å². The van der Waals surface area contributed by atoms with Crippen LogP contribution in [0, 0.1) is 5.92 Å². The monoisotopic (exact) mass is 300 g/mol. The number of primary amides is 1. The number of carboxylic acid groups (broad SMARTS) is 1. The first-order valence-electron chi connectivity index (χ1n) is 7.16. The Kier molecular flexibility index (Phi) is 6.93. The number of carbonyl (C=O) groups excluding carboxylic acids is 2. The largest absolute Gasteiger partial charge is 0.480 e. The Morgan fingerprint density at radius 3 is 2.43 bits per heavy atom. The van der Waals surface area contributed by atoms with Crippen molar-refractivity contribution in [3.05, 3.63) is 0 Å². The molecular weight excluding hydrogens is 276 g/mol. The van der Waals surface area contributed by atoms with Gasteiger partial charge in [0.15, 0.2) is 0 Å². The summed E-state index contributed by atoms with van der Waals surface area (Å²) in [4.78, 5) is 35.6. The van der Waals surface area contributed by atoms with E-state index in [0.29, 0.717) is 6.54 Å². The highest BCUT2D eigenvalue weighted by Gasteiger charge is 2.22. The van der Waals surface area contributed by atoms with Crippen molar-refractivity contribution in [1.82, 2.24) is 15.5 Å². The van der Waals surface area contributed by atoms with Gasteiger partial charge in [0.25, 0.3) is 0 Å². The van der Waals surface area contributed by atoms with Crippen molar-refractivity contribution < 1.29 is 19.5 Å². The molecule has 0 radical (unpaired) electrons. The Balaban J connectivity index is 2.27. The second kappa shape index (κ2) is 8.46. The first-order chi connectivity index (χ1) is 9.88. The number of nitrogens with one attached hydrogen (secondary N) is 2. The maximum absolute atomic E-state index is 11.6. The molecule has 0 aromatic rings. The molecule has 0 aromatic heterocycles. The lowest BCUT2D eigenvalue weighted by Crippen LogP contribution is -2.48. The van der Waals surface area contributed by atoms with Gasteiger partial charge in [0.1, 0.15) is 6.04 Å². The van der Waals surface area contributed by atoms with E-state index in [-0.39, 0.29) is 5.92 Å². The number of rotatable bonds is 8. The molecule has 120 valence electrons. The molecule has 2 unspecified atom stereocenters. The maximum atomic E-state index is 11.6. The van der Waals surface area contributed by atoms with Gasteiger partial charge in [-0.1, -0.05) is 6.92 Å². The Bertz CT molecular complexity index is 382. The van der Waals surface area contributed by atoms with E-state index >= 15 is 0 Å². The van der Waals surface area contributed by atoms with Crippen LogP contribution in [0.15, 0.2) is 0 Å². The molecule has 1 rings (SSSR count). The summed E-state index contributed by atoms with van der Waals surface area (Å²) in [5.74, 6) is -1.78. The second-order valence-electron chi connectivity index (χ2n) is 5.53. The minimum absolute atomic E-state index is 0.272. The third-order valence-electron chi connectivity index (χ3n) is 3.39. The highest BCUT2D eigenvalue weighted by Crippen LogP contribution is 2.09. The van der Waals surface area contributed by atoms with Crippen molar-refractivity contribution in [3.63, 3.8) is 0 Å². The molecule has 0 aromatic carbocycles. The lowest BCUT2D eigenvalue weighted by molar-refractivity contribution is -0.140. The molecule has 2 atom stereocenters. The Hall–Kier alpha value is -1.83. The minimum atomic E-state index is -1.30. The third-order valence-corrected chi connectivity index (χ3v) is 3.39. The fraction of sp³-hybridized carbons (Fsp3) is 0.769. The maximum Gasteiger partial charge on any atom is 0.326 e. The first-order valence-corrected chi connectivity index (χ1v) is 7.16. The van der Waals surface area contributed by atoms with Gasteiger partial charge < -0.3 is 26.4 Å². The van der Waals surface area contributed by atoms with Crippen LogP contribution in [0.3, 0.4) is 0 Å². The molecule has 1 saturated heterocycles. The molecule has 1 heterocycles. The summed E-state index contributed by atoms with van der Waals surface area (Å²) in [7, 11) is 0. The summed E-state index contributed by atoms with van der Waals surface area (Å²) < 4.78 is 0. The van der Waals surface area contributed by atoms with E-state index in [4.69, 9.17) is 10.8 Å². The number of nitrogens with two attached hydrogens (primary N) is 1. The van der Waals surface area contributed by atoms with Crippen LogP contribution in [-0.2, 0) is 9.59 Å². The quantitative estimate of drug-likeness (QED) is 0.474. The van der Waals surface area contributed by atoms with Crippen molar-refractivity contribution in [1.29, 1.82) is 0 Å². The molecule has 0 aliphatic carbocycles. The van der Waals surface area contributed by atoms with Crippen LogP contribution in [0.2, 0.25) is 0 Å². The molecular formula is C13H24N4O4. The van der Waals surface area contributed by atoms with Crippen LogP contribution < -0.4 is 16.4 Å². The smallest absolute Gasteiger partial charge is 0.326 e. The predicted molar refractivity (Wildman–Crippen MR) is 76.6 cm³/mol. The van der Waals surface area contributed by atoms with Gasteiger partial charge in [0.05, 0.1) is 6.42 Å². The minimum Gasteiger partial charge on any atom is -0.480 e. The molecule has 0 bridgehead atoms. The molecule has 5 N–H and O–H groups in total. The van der Waals surface area contributed by atoms with Crippen molar-refractivity contribution in [2.45, 2.75) is 32.2 Å². The number of carbonyl (C=O) groups is 3. The van der Waals surface area contributed by atoms with Crippen LogP contribution in [0.1, 0.15) is 26.2 Å². The average Bonchev–Trinajstić information content (AvgIpc) is 2.87. The zero-order valence-corrected chi connectivity index (χ0v) is 12.3. The summed E-state index contributed by atoms with van der Waals surface area (Å²) in [5, 5.41) is 13.7. The summed E-state index contributed by atoms with van der Waals surface area (Å²) >= 11 is 0. The number of likely N-dealkylation sites (tertiary alicyclic amines) is 1. The van der Waals surface area contributed by atoms with E-state index in [2.05, 4.69) is 15.5 Å². The van der Waals surface area contributed by atoms with Gasteiger partial charge in [-0.2, -0.15) is 0 Å². The average molecular weight is 300 g/mol. The first kappa shape index (κ1) is 17.2. The molecule has 1 aliphatic heterocycles. The Morgan fingerprint density at radius 1 is 1.29 bits per heavy atom. The van der Waals surface area contributed by atoms with Gasteiger partial charge >= 0.3 is 12.0 Å². The summed E-state index contributed by atoms with van der Waals surface area (Å²) in [6, 6.07) is -1.90. The lowest BCUT2D eigenvalue weighted by atomic mass is 10.1. The van der Waals surface area contributed by atoms with E-state index in [9.17, 15) is 14.4 Å². The molecule has 3 amide bonds. The molecule has 8 heteroatoms. The fourth-order valence-electron chi connectivity index (χ4n) is 2.35. The van der Waals surface area contributed by atoms with E-state index in [1.165, 1.54) is 12.8 Å². The highest BCUT2D eigenvalue weighted by atomic mass is 16.4. The fourth-order valence-corrected chi connectivity index (χ4v) is 2.35.